The van der Waals surface area contributed by atoms with Crippen molar-refractivity contribution in [3.8, 4) is 5.75 Å². The monoisotopic (exact) mass is 527 g/mol. The first-order valence-corrected chi connectivity index (χ1v) is 9.81. The van der Waals surface area contributed by atoms with Gasteiger partial charge in [0.05, 0.1) is 19.7 Å². The van der Waals surface area contributed by atoms with Crippen LogP contribution in [-0.4, -0.2) is 50.6 Å². The number of rotatable bonds is 8. The van der Waals surface area contributed by atoms with Crippen molar-refractivity contribution in [3.05, 3.63) is 53.5 Å². The van der Waals surface area contributed by atoms with Gasteiger partial charge in [0.15, 0.2) is 11.7 Å². The molecule has 1 saturated heterocycles. The third-order valence-electron chi connectivity index (χ3n) is 5.08. The van der Waals surface area contributed by atoms with Gasteiger partial charge in [0.1, 0.15) is 11.5 Å². The number of methoxy groups -OCH3 is 1. The topological polar surface area (TPSA) is 105 Å². The summed E-state index contributed by atoms with van der Waals surface area (Å²) in [6.45, 7) is 3.27. The molecule has 8 nitrogen and oxygen atoms in total. The van der Waals surface area contributed by atoms with Gasteiger partial charge in [-0.25, -0.2) is 0 Å². The second-order valence-electron chi connectivity index (χ2n) is 6.97. The molecule has 0 radical (unpaired) electrons. The molecule has 30 heavy (non-hydrogen) atoms. The van der Waals surface area contributed by atoms with Crippen molar-refractivity contribution in [3.63, 3.8) is 0 Å². The minimum Gasteiger partial charge on any atom is -0.497 e. The quantitative estimate of drug-likeness (QED) is 0.277. The highest BCUT2D eigenvalue weighted by Gasteiger charge is 2.24. The standard InChI is InChI=1S/C21H29N5O3.HI/c1-23-21(24-13-17-8-9-19(29-17)20(22)27)25-14-18(26-10-3-4-11-26)15-6-5-7-16(12-15)28-2;/h5-9,12,18H,3-4,10-11,13-14H2,1-2H3,(H2,22,27)(H2,23,24,25);1H. The third kappa shape index (κ3) is 6.36. The van der Waals surface area contributed by atoms with Crippen LogP contribution in [0.25, 0.3) is 0 Å². The predicted molar refractivity (Wildman–Crippen MR) is 127 cm³/mol. The number of amides is 1. The van der Waals surface area contributed by atoms with E-state index in [1.807, 2.05) is 12.1 Å². The van der Waals surface area contributed by atoms with Crippen LogP contribution in [0.5, 0.6) is 5.75 Å². The van der Waals surface area contributed by atoms with Gasteiger partial charge in [-0.15, -0.1) is 24.0 Å². The van der Waals surface area contributed by atoms with Gasteiger partial charge in [-0.3, -0.25) is 14.7 Å². The molecule has 0 aliphatic carbocycles. The Bertz CT molecular complexity index is 849. The predicted octanol–water partition coefficient (Wildman–Crippen LogP) is 2.51. The van der Waals surface area contributed by atoms with Crippen molar-refractivity contribution in [2.45, 2.75) is 25.4 Å². The molecule has 1 aromatic carbocycles. The number of aliphatic imine (C=N–C) groups is 1. The molecule has 0 spiro atoms. The van der Waals surface area contributed by atoms with Crippen molar-refractivity contribution >= 4 is 35.8 Å². The highest BCUT2D eigenvalue weighted by molar-refractivity contribution is 14.0. The lowest BCUT2D eigenvalue weighted by Crippen LogP contribution is -2.42. The highest BCUT2D eigenvalue weighted by Crippen LogP contribution is 2.27. The van der Waals surface area contributed by atoms with E-state index in [2.05, 4.69) is 32.7 Å². The summed E-state index contributed by atoms with van der Waals surface area (Å²) in [5, 5.41) is 6.61. The van der Waals surface area contributed by atoms with Crippen molar-refractivity contribution in [2.24, 2.45) is 10.7 Å². The van der Waals surface area contributed by atoms with Gasteiger partial charge in [-0.05, 0) is 55.8 Å². The zero-order chi connectivity index (χ0) is 20.6. The number of benzene rings is 1. The molecule has 2 aromatic rings. The van der Waals surface area contributed by atoms with Gasteiger partial charge in [0.2, 0.25) is 0 Å². The maximum atomic E-state index is 11.2. The minimum absolute atomic E-state index is 0. The van der Waals surface area contributed by atoms with Gasteiger partial charge in [-0.1, -0.05) is 12.1 Å². The molecule has 2 heterocycles. The van der Waals surface area contributed by atoms with Crippen LogP contribution in [-0.2, 0) is 6.54 Å². The van der Waals surface area contributed by atoms with E-state index in [-0.39, 0.29) is 35.8 Å². The average Bonchev–Trinajstić information content (AvgIpc) is 3.43. The number of primary amides is 1. The molecule has 164 valence electrons. The molecule has 3 rings (SSSR count). The molecular weight excluding hydrogens is 497 g/mol. The summed E-state index contributed by atoms with van der Waals surface area (Å²) in [6, 6.07) is 11.7. The first-order valence-electron chi connectivity index (χ1n) is 9.81. The molecule has 1 aliphatic rings. The van der Waals surface area contributed by atoms with Crippen molar-refractivity contribution in [1.29, 1.82) is 0 Å². The zero-order valence-corrected chi connectivity index (χ0v) is 19.7. The van der Waals surface area contributed by atoms with Crippen molar-refractivity contribution in [2.75, 3.05) is 33.8 Å². The Morgan fingerprint density at radius 2 is 2.03 bits per heavy atom. The summed E-state index contributed by atoms with van der Waals surface area (Å²) >= 11 is 0. The van der Waals surface area contributed by atoms with Crippen molar-refractivity contribution < 1.29 is 13.9 Å². The fourth-order valence-electron chi connectivity index (χ4n) is 3.55. The van der Waals surface area contributed by atoms with E-state index >= 15 is 0 Å². The smallest absolute Gasteiger partial charge is 0.284 e. The Hall–Kier alpha value is -2.27. The van der Waals surface area contributed by atoms with Crippen LogP contribution < -0.4 is 21.1 Å². The molecule has 1 unspecified atom stereocenters. The average molecular weight is 527 g/mol. The molecule has 1 amide bonds. The Balaban J connectivity index is 0.00000320. The first-order chi connectivity index (χ1) is 14.1. The Morgan fingerprint density at radius 1 is 1.27 bits per heavy atom. The summed E-state index contributed by atoms with van der Waals surface area (Å²) < 4.78 is 10.8. The summed E-state index contributed by atoms with van der Waals surface area (Å²) in [7, 11) is 3.41. The third-order valence-corrected chi connectivity index (χ3v) is 5.08. The minimum atomic E-state index is -0.578. The molecular formula is C21H30IN5O3. The summed E-state index contributed by atoms with van der Waals surface area (Å²) in [5.41, 5.74) is 6.44. The molecule has 1 aliphatic heterocycles. The van der Waals surface area contributed by atoms with Crippen LogP contribution in [0.15, 0.2) is 45.8 Å². The summed E-state index contributed by atoms with van der Waals surface area (Å²) in [6.07, 6.45) is 2.43. The normalized spacial score (nSPS) is 15.3. The molecule has 1 aromatic heterocycles. The summed E-state index contributed by atoms with van der Waals surface area (Å²) in [5.74, 6) is 1.71. The lowest BCUT2D eigenvalue weighted by atomic mass is 10.1. The number of hydrogen-bond acceptors (Lipinski definition) is 5. The maximum absolute atomic E-state index is 11.2. The van der Waals surface area contributed by atoms with E-state index in [1.165, 1.54) is 18.4 Å². The van der Waals surface area contributed by atoms with Gasteiger partial charge < -0.3 is 25.5 Å². The first kappa shape index (κ1) is 24.0. The molecule has 4 N–H and O–H groups in total. The van der Waals surface area contributed by atoms with Gasteiger partial charge in [-0.2, -0.15) is 0 Å². The highest BCUT2D eigenvalue weighted by atomic mass is 127. The molecule has 9 heteroatoms. The van der Waals surface area contributed by atoms with E-state index in [9.17, 15) is 4.79 Å². The van der Waals surface area contributed by atoms with E-state index in [0.29, 0.717) is 24.8 Å². The maximum Gasteiger partial charge on any atom is 0.284 e. The number of nitrogens with two attached hydrogens (primary N) is 1. The molecule has 1 atom stereocenters. The second-order valence-corrected chi connectivity index (χ2v) is 6.97. The lowest BCUT2D eigenvalue weighted by molar-refractivity contribution is 0.0972. The number of nitrogens with one attached hydrogen (secondary N) is 2. The van der Waals surface area contributed by atoms with Crippen LogP contribution >= 0.6 is 24.0 Å². The Labute approximate surface area is 194 Å². The number of halogens is 1. The van der Waals surface area contributed by atoms with Gasteiger partial charge in [0.25, 0.3) is 5.91 Å². The van der Waals surface area contributed by atoms with Crippen LogP contribution in [0.3, 0.4) is 0 Å². The number of nitrogens with zero attached hydrogens (tertiary/aromatic N) is 2. The largest absolute Gasteiger partial charge is 0.497 e. The fraction of sp³-hybridized carbons (Fsp3) is 0.429. The number of carbonyl (C=O) groups excluding carboxylic acids is 1. The SMILES string of the molecule is CN=C(NCc1ccc(C(N)=O)o1)NCC(c1cccc(OC)c1)N1CCCC1.I. The lowest BCUT2D eigenvalue weighted by Gasteiger charge is -2.29. The molecule has 1 fully saturated rings. The van der Waals surface area contributed by atoms with Crippen molar-refractivity contribution in [1.82, 2.24) is 15.5 Å². The number of likely N-dealkylation sites (tertiary alicyclic amines) is 1. The van der Waals surface area contributed by atoms with Crippen LogP contribution in [0, 0.1) is 0 Å². The summed E-state index contributed by atoms with van der Waals surface area (Å²) in [4.78, 5) is 17.9. The number of furan rings is 1. The molecule has 0 bridgehead atoms. The number of ether oxygens (including phenoxy) is 1. The van der Waals surface area contributed by atoms with E-state index < -0.39 is 5.91 Å². The number of guanidine groups is 1. The van der Waals surface area contributed by atoms with E-state index in [0.717, 1.165) is 18.8 Å². The van der Waals surface area contributed by atoms with E-state index in [4.69, 9.17) is 14.9 Å². The second kappa shape index (κ2) is 11.8. The van der Waals surface area contributed by atoms with Crippen LogP contribution in [0.4, 0.5) is 0 Å². The van der Waals surface area contributed by atoms with Gasteiger partial charge >= 0.3 is 0 Å². The molecule has 0 saturated carbocycles. The number of carbonyl (C=O) groups is 1. The van der Waals surface area contributed by atoms with Gasteiger partial charge in [0, 0.05) is 13.6 Å². The fourth-order valence-corrected chi connectivity index (χ4v) is 3.55. The Morgan fingerprint density at radius 3 is 2.67 bits per heavy atom. The zero-order valence-electron chi connectivity index (χ0n) is 17.4. The Kier molecular flexibility index (Phi) is 9.44. The van der Waals surface area contributed by atoms with Crippen LogP contribution in [0.2, 0.25) is 0 Å². The van der Waals surface area contributed by atoms with E-state index in [1.54, 1.807) is 26.3 Å². The number of hydrogen-bond donors (Lipinski definition) is 3. The van der Waals surface area contributed by atoms with Crippen LogP contribution in [0.1, 0.15) is 40.8 Å².